The fraction of sp³-hybridized carbons (Fsp3) is 0.562. The molecule has 1 aromatic carbocycles. The number of hydrogen-bond acceptors (Lipinski definition) is 4. The highest BCUT2D eigenvalue weighted by atomic mass is 35.5. The number of ether oxygens (including phenoxy) is 1. The molecular formula is C16H21ClF5N3O2. The van der Waals surface area contributed by atoms with Crippen molar-refractivity contribution in [3.63, 3.8) is 0 Å². The molecule has 0 bridgehead atoms. The SMILES string of the molecule is Cl.O=C(Cc1ccc(OC(F)F)cc1)NCC(N1CCNCC1)C(F)(F)F. The number of benzene rings is 1. The van der Waals surface area contributed by atoms with Crippen molar-refractivity contribution in [2.75, 3.05) is 32.7 Å². The molecule has 0 radical (unpaired) electrons. The lowest BCUT2D eigenvalue weighted by atomic mass is 10.1. The molecule has 1 amide bonds. The Morgan fingerprint density at radius 2 is 1.78 bits per heavy atom. The lowest BCUT2D eigenvalue weighted by Gasteiger charge is -2.35. The van der Waals surface area contributed by atoms with Gasteiger partial charge in [0.2, 0.25) is 5.91 Å². The van der Waals surface area contributed by atoms with E-state index in [1.807, 2.05) is 0 Å². The molecule has 0 aliphatic carbocycles. The van der Waals surface area contributed by atoms with Crippen molar-refractivity contribution in [3.8, 4) is 5.75 Å². The second-order valence-electron chi connectivity index (χ2n) is 5.85. The molecule has 1 aliphatic heterocycles. The summed E-state index contributed by atoms with van der Waals surface area (Å²) in [5, 5.41) is 5.29. The number of carbonyl (C=O) groups excluding carboxylic acids is 1. The van der Waals surface area contributed by atoms with Crippen LogP contribution in [-0.2, 0) is 11.2 Å². The predicted molar refractivity (Wildman–Crippen MR) is 91.3 cm³/mol. The van der Waals surface area contributed by atoms with Gasteiger partial charge < -0.3 is 15.4 Å². The van der Waals surface area contributed by atoms with E-state index in [0.717, 1.165) is 0 Å². The molecule has 1 atom stereocenters. The van der Waals surface area contributed by atoms with Crippen molar-refractivity contribution in [1.29, 1.82) is 0 Å². The Kier molecular flexibility index (Phi) is 9.20. The highest BCUT2D eigenvalue weighted by Crippen LogP contribution is 2.24. The molecule has 5 nitrogen and oxygen atoms in total. The second-order valence-corrected chi connectivity index (χ2v) is 5.85. The van der Waals surface area contributed by atoms with E-state index in [4.69, 9.17) is 0 Å². The normalized spacial score (nSPS) is 16.5. The third-order valence-electron chi connectivity index (χ3n) is 3.98. The van der Waals surface area contributed by atoms with E-state index in [2.05, 4.69) is 15.4 Å². The van der Waals surface area contributed by atoms with Crippen LogP contribution < -0.4 is 15.4 Å². The van der Waals surface area contributed by atoms with Gasteiger partial charge >= 0.3 is 12.8 Å². The summed E-state index contributed by atoms with van der Waals surface area (Å²) >= 11 is 0. The molecule has 1 fully saturated rings. The summed E-state index contributed by atoms with van der Waals surface area (Å²) in [7, 11) is 0. The first kappa shape index (κ1) is 23.4. The van der Waals surface area contributed by atoms with Crippen LogP contribution in [0, 0.1) is 0 Å². The largest absolute Gasteiger partial charge is 0.435 e. The number of nitrogens with zero attached hydrogens (tertiary/aromatic N) is 1. The van der Waals surface area contributed by atoms with E-state index < -0.39 is 31.3 Å². The Labute approximate surface area is 159 Å². The Morgan fingerprint density at radius 1 is 1.19 bits per heavy atom. The van der Waals surface area contributed by atoms with Crippen LogP contribution in [0.4, 0.5) is 22.0 Å². The lowest BCUT2D eigenvalue weighted by Crippen LogP contribution is -2.57. The van der Waals surface area contributed by atoms with Gasteiger partial charge in [-0.05, 0) is 17.7 Å². The summed E-state index contributed by atoms with van der Waals surface area (Å²) in [5.74, 6) is -0.628. The van der Waals surface area contributed by atoms with Crippen LogP contribution in [0.1, 0.15) is 5.56 Å². The van der Waals surface area contributed by atoms with Gasteiger partial charge in [-0.2, -0.15) is 22.0 Å². The van der Waals surface area contributed by atoms with Crippen LogP contribution >= 0.6 is 12.4 Å². The smallest absolute Gasteiger partial charge is 0.405 e. The van der Waals surface area contributed by atoms with Crippen LogP contribution in [0.3, 0.4) is 0 Å². The summed E-state index contributed by atoms with van der Waals surface area (Å²) in [6.45, 7) is -2.04. The fourth-order valence-corrected chi connectivity index (χ4v) is 2.69. The Hall–Kier alpha value is -1.65. The zero-order valence-corrected chi connectivity index (χ0v) is 15.1. The molecule has 1 saturated heterocycles. The first-order valence-corrected chi connectivity index (χ1v) is 8.07. The maximum atomic E-state index is 13.2. The van der Waals surface area contributed by atoms with Gasteiger partial charge in [-0.15, -0.1) is 12.4 Å². The number of nitrogens with one attached hydrogen (secondary N) is 2. The van der Waals surface area contributed by atoms with Crippen LogP contribution in [-0.4, -0.2) is 62.4 Å². The number of halogens is 6. The molecule has 154 valence electrons. The number of alkyl halides is 5. The number of rotatable bonds is 7. The maximum absolute atomic E-state index is 13.2. The van der Waals surface area contributed by atoms with E-state index in [-0.39, 0.29) is 37.7 Å². The zero-order valence-electron chi connectivity index (χ0n) is 14.3. The predicted octanol–water partition coefficient (Wildman–Crippen LogP) is 2.20. The summed E-state index contributed by atoms with van der Waals surface area (Å²) in [6, 6.07) is 3.63. The van der Waals surface area contributed by atoms with Gasteiger partial charge in [-0.25, -0.2) is 0 Å². The molecule has 0 aromatic heterocycles. The van der Waals surface area contributed by atoms with Gasteiger partial charge in [-0.3, -0.25) is 9.69 Å². The molecule has 11 heteroatoms. The van der Waals surface area contributed by atoms with E-state index in [1.54, 1.807) is 0 Å². The molecule has 1 heterocycles. The third kappa shape index (κ3) is 7.86. The summed E-state index contributed by atoms with van der Waals surface area (Å²) < 4.78 is 68.1. The maximum Gasteiger partial charge on any atom is 0.405 e. The number of hydrogen-bond donors (Lipinski definition) is 2. The molecular weight excluding hydrogens is 397 g/mol. The first-order chi connectivity index (χ1) is 12.3. The molecule has 0 spiro atoms. The highest BCUT2D eigenvalue weighted by Gasteiger charge is 2.43. The standard InChI is InChI=1S/C16H20F5N3O2.ClH/c17-15(18)26-12-3-1-11(2-4-12)9-14(25)23-10-13(16(19,20)21)24-7-5-22-6-8-24;/h1-4,13,15,22H,5-10H2,(H,23,25);1H. The van der Waals surface area contributed by atoms with Gasteiger partial charge in [0.25, 0.3) is 0 Å². The van der Waals surface area contributed by atoms with Crippen molar-refractivity contribution in [2.24, 2.45) is 0 Å². The molecule has 2 N–H and O–H groups in total. The molecule has 1 unspecified atom stereocenters. The van der Waals surface area contributed by atoms with Crippen molar-refractivity contribution in [3.05, 3.63) is 29.8 Å². The van der Waals surface area contributed by atoms with Gasteiger partial charge in [0.1, 0.15) is 11.8 Å². The monoisotopic (exact) mass is 417 g/mol. The van der Waals surface area contributed by atoms with Crippen molar-refractivity contribution in [1.82, 2.24) is 15.5 Å². The molecule has 1 aromatic rings. The van der Waals surface area contributed by atoms with Crippen molar-refractivity contribution < 1.29 is 31.5 Å². The lowest BCUT2D eigenvalue weighted by molar-refractivity contribution is -0.184. The quantitative estimate of drug-likeness (QED) is 0.668. The highest BCUT2D eigenvalue weighted by molar-refractivity contribution is 5.85. The number of piperazine rings is 1. The topological polar surface area (TPSA) is 53.6 Å². The minimum Gasteiger partial charge on any atom is -0.435 e. The first-order valence-electron chi connectivity index (χ1n) is 8.07. The zero-order chi connectivity index (χ0) is 19.2. The van der Waals surface area contributed by atoms with Gasteiger partial charge in [0.05, 0.1) is 6.42 Å². The van der Waals surface area contributed by atoms with Crippen molar-refractivity contribution in [2.45, 2.75) is 25.3 Å². The Balaban J connectivity index is 0.00000364. The summed E-state index contributed by atoms with van der Waals surface area (Å²) in [4.78, 5) is 13.2. The number of carbonyl (C=O) groups is 1. The van der Waals surface area contributed by atoms with E-state index in [1.165, 1.54) is 29.2 Å². The van der Waals surface area contributed by atoms with E-state index >= 15 is 0 Å². The summed E-state index contributed by atoms with van der Waals surface area (Å²) in [6.07, 6.45) is -4.60. The molecule has 1 aliphatic rings. The van der Waals surface area contributed by atoms with Gasteiger partial charge in [-0.1, -0.05) is 12.1 Å². The average Bonchev–Trinajstić information content (AvgIpc) is 2.56. The van der Waals surface area contributed by atoms with Gasteiger partial charge in [0, 0.05) is 32.7 Å². The van der Waals surface area contributed by atoms with Crippen LogP contribution in [0.2, 0.25) is 0 Å². The minimum absolute atomic E-state index is 0. The minimum atomic E-state index is -4.45. The van der Waals surface area contributed by atoms with Crippen LogP contribution in [0.5, 0.6) is 5.75 Å². The van der Waals surface area contributed by atoms with Crippen LogP contribution in [0.15, 0.2) is 24.3 Å². The average molecular weight is 418 g/mol. The van der Waals surface area contributed by atoms with Crippen LogP contribution in [0.25, 0.3) is 0 Å². The van der Waals surface area contributed by atoms with Crippen molar-refractivity contribution >= 4 is 18.3 Å². The summed E-state index contributed by atoms with van der Waals surface area (Å²) in [5.41, 5.74) is 0.481. The van der Waals surface area contributed by atoms with Gasteiger partial charge in [0.15, 0.2) is 0 Å². The van der Waals surface area contributed by atoms with E-state index in [9.17, 15) is 26.7 Å². The fourth-order valence-electron chi connectivity index (χ4n) is 2.69. The number of amides is 1. The molecule has 27 heavy (non-hydrogen) atoms. The second kappa shape index (κ2) is 10.6. The Bertz CT molecular complexity index is 580. The molecule has 2 rings (SSSR count). The Morgan fingerprint density at radius 3 is 2.30 bits per heavy atom. The third-order valence-corrected chi connectivity index (χ3v) is 3.98. The van der Waals surface area contributed by atoms with E-state index in [0.29, 0.717) is 18.7 Å². The molecule has 0 saturated carbocycles.